The van der Waals surface area contributed by atoms with E-state index < -0.39 is 46.4 Å². The van der Waals surface area contributed by atoms with Crippen LogP contribution in [0.4, 0.5) is 0 Å². The summed E-state index contributed by atoms with van der Waals surface area (Å²) in [6.45, 7) is 8.99. The molecule has 0 atom stereocenters. The van der Waals surface area contributed by atoms with Crippen LogP contribution < -0.4 is 0 Å². The van der Waals surface area contributed by atoms with E-state index in [4.69, 9.17) is 18.9 Å². The van der Waals surface area contributed by atoms with Crippen LogP contribution >= 0.6 is 0 Å². The highest BCUT2D eigenvalue weighted by Gasteiger charge is 2.37. The maximum Gasteiger partial charge on any atom is 0.339 e. The number of hydrogen-bond donors (Lipinski definition) is 0. The zero-order valence-electron chi connectivity index (χ0n) is 42.1. The number of esters is 4. The van der Waals surface area contributed by atoms with Gasteiger partial charge in [-0.05, 0) is 31.7 Å². The van der Waals surface area contributed by atoms with Crippen LogP contribution in [0.15, 0.2) is 36.4 Å². The van der Waals surface area contributed by atoms with Gasteiger partial charge < -0.3 is 18.9 Å². The Balaban J connectivity index is 2.58. The molecule has 0 saturated heterocycles. The molecule has 0 saturated carbocycles. The van der Waals surface area contributed by atoms with Crippen molar-refractivity contribution in [3.05, 3.63) is 69.8 Å². The Hall–Kier alpha value is -4.01. The molecule has 2 rings (SSSR count). The van der Waals surface area contributed by atoms with Crippen LogP contribution in [0.5, 0.6) is 0 Å². The molecule has 0 aliphatic rings. The van der Waals surface area contributed by atoms with Crippen LogP contribution in [0.3, 0.4) is 0 Å². The average Bonchev–Trinajstić information content (AvgIpc) is 3.33. The van der Waals surface area contributed by atoms with E-state index >= 15 is 0 Å². The predicted molar refractivity (Wildman–Crippen MR) is 268 cm³/mol. The van der Waals surface area contributed by atoms with Gasteiger partial charge in [-0.2, -0.15) is 0 Å². The maximum atomic E-state index is 14.6. The highest BCUT2D eigenvalue weighted by molar-refractivity contribution is 6.22. The van der Waals surface area contributed by atoms with Crippen LogP contribution in [0, 0.1) is 0 Å². The lowest BCUT2D eigenvalue weighted by molar-refractivity contribution is 0.0414. The Morgan fingerprint density at radius 3 is 0.924 bits per heavy atom. The smallest absolute Gasteiger partial charge is 0.339 e. The van der Waals surface area contributed by atoms with Crippen molar-refractivity contribution in [3.63, 3.8) is 0 Å². The van der Waals surface area contributed by atoms with Gasteiger partial charge in [-0.25, -0.2) is 19.2 Å². The Kier molecular flexibility index (Phi) is 34.4. The van der Waals surface area contributed by atoms with Gasteiger partial charge in [-0.3, -0.25) is 4.79 Å². The summed E-state index contributed by atoms with van der Waals surface area (Å²) in [6, 6.07) is 9.59. The van der Waals surface area contributed by atoms with Crippen LogP contribution in [0.25, 0.3) is 0 Å². The minimum atomic E-state index is -0.990. The first-order valence-electron chi connectivity index (χ1n) is 26.8. The van der Waals surface area contributed by atoms with Crippen molar-refractivity contribution in [2.45, 2.75) is 233 Å². The molecule has 0 radical (unpaired) electrons. The van der Waals surface area contributed by atoms with Crippen molar-refractivity contribution >= 4 is 29.7 Å². The van der Waals surface area contributed by atoms with Crippen LogP contribution in [0.1, 0.15) is 291 Å². The SMILES string of the molecule is CCCCCCCCCCOC(=O)c1cc(C(=O)c2ccccc2)c(C(=O)OCCCCCCCCCC)c(C(=O)OCCCCCCCCCC)c1C(=O)OCCCCCCCCCC. The van der Waals surface area contributed by atoms with Gasteiger partial charge >= 0.3 is 23.9 Å². The second-order valence-corrected chi connectivity index (χ2v) is 18.2. The molecule has 0 fully saturated rings. The zero-order valence-corrected chi connectivity index (χ0v) is 42.1. The monoisotopic (exact) mass is 919 g/mol. The second-order valence-electron chi connectivity index (χ2n) is 18.2. The fourth-order valence-electron chi connectivity index (χ4n) is 8.29. The van der Waals surface area contributed by atoms with E-state index in [0.717, 1.165) is 96.3 Å². The fraction of sp³-hybridized carbons (Fsp3) is 0.702. The molecule has 0 heterocycles. The van der Waals surface area contributed by atoms with Gasteiger partial charge in [0.1, 0.15) is 0 Å². The lowest BCUT2D eigenvalue weighted by Crippen LogP contribution is -2.27. The quantitative estimate of drug-likeness (QED) is 0.0277. The summed E-state index contributed by atoms with van der Waals surface area (Å²) in [7, 11) is 0. The Labute approximate surface area is 400 Å². The normalized spacial score (nSPS) is 11.1. The van der Waals surface area contributed by atoms with Gasteiger partial charge in [0.2, 0.25) is 0 Å². The highest BCUT2D eigenvalue weighted by atomic mass is 16.5. The molecule has 9 nitrogen and oxygen atoms in total. The van der Waals surface area contributed by atoms with E-state index in [-0.39, 0.29) is 43.1 Å². The largest absolute Gasteiger partial charge is 0.462 e. The number of rotatable bonds is 42. The van der Waals surface area contributed by atoms with Gasteiger partial charge in [-0.15, -0.1) is 0 Å². The number of hydrogen-bond acceptors (Lipinski definition) is 9. The van der Waals surface area contributed by atoms with E-state index in [1.807, 2.05) is 0 Å². The number of unbranched alkanes of at least 4 members (excludes halogenated alkanes) is 28. The number of carbonyl (C=O) groups excluding carboxylic acids is 5. The van der Waals surface area contributed by atoms with Crippen molar-refractivity contribution in [3.8, 4) is 0 Å². The molecule has 0 N–H and O–H groups in total. The molecular formula is C57H90O9. The van der Waals surface area contributed by atoms with E-state index in [1.165, 1.54) is 89.5 Å². The Bertz CT molecular complexity index is 1620. The predicted octanol–water partition coefficient (Wildman–Crippen LogP) is 16.1. The van der Waals surface area contributed by atoms with E-state index in [9.17, 15) is 24.0 Å². The number of benzene rings is 2. The van der Waals surface area contributed by atoms with Gasteiger partial charge in [0.15, 0.2) is 5.78 Å². The average molecular weight is 919 g/mol. The highest BCUT2D eigenvalue weighted by Crippen LogP contribution is 2.30. The molecule has 0 aliphatic carbocycles. The molecule has 0 amide bonds. The van der Waals surface area contributed by atoms with Gasteiger partial charge in [0.25, 0.3) is 0 Å². The molecule has 0 bridgehead atoms. The van der Waals surface area contributed by atoms with E-state index in [0.29, 0.717) is 25.7 Å². The van der Waals surface area contributed by atoms with Crippen molar-refractivity contribution in [2.75, 3.05) is 26.4 Å². The summed E-state index contributed by atoms with van der Waals surface area (Å²) in [5.41, 5.74) is -1.63. The van der Waals surface area contributed by atoms with Crippen molar-refractivity contribution in [1.82, 2.24) is 0 Å². The van der Waals surface area contributed by atoms with Crippen molar-refractivity contribution in [2.24, 2.45) is 0 Å². The summed E-state index contributed by atoms with van der Waals surface area (Å²) in [6.07, 6.45) is 33.2. The minimum absolute atomic E-state index is 0.0301. The summed E-state index contributed by atoms with van der Waals surface area (Å²) < 4.78 is 23.4. The molecule has 9 heteroatoms. The van der Waals surface area contributed by atoms with Crippen LogP contribution in [-0.4, -0.2) is 56.1 Å². The Morgan fingerprint density at radius 1 is 0.318 bits per heavy atom. The Morgan fingerprint density at radius 2 is 0.591 bits per heavy atom. The summed E-state index contributed by atoms with van der Waals surface area (Å²) in [4.78, 5) is 72.2. The number of ketones is 1. The summed E-state index contributed by atoms with van der Waals surface area (Å²) >= 11 is 0. The van der Waals surface area contributed by atoms with Crippen molar-refractivity contribution < 1.29 is 42.9 Å². The lowest BCUT2D eigenvalue weighted by Gasteiger charge is -2.20. The zero-order chi connectivity index (χ0) is 47.9. The van der Waals surface area contributed by atoms with Crippen molar-refractivity contribution in [1.29, 1.82) is 0 Å². The van der Waals surface area contributed by atoms with Gasteiger partial charge in [0, 0.05) is 11.1 Å². The number of carbonyl (C=O) groups is 5. The van der Waals surface area contributed by atoms with Gasteiger partial charge in [0.05, 0.1) is 48.7 Å². The molecule has 2 aromatic carbocycles. The molecular weight excluding hydrogens is 829 g/mol. The second kappa shape index (κ2) is 39.0. The molecule has 2 aromatic rings. The molecule has 66 heavy (non-hydrogen) atoms. The minimum Gasteiger partial charge on any atom is -0.462 e. The molecule has 0 unspecified atom stereocenters. The fourth-order valence-corrected chi connectivity index (χ4v) is 8.29. The van der Waals surface area contributed by atoms with Crippen LogP contribution in [-0.2, 0) is 18.9 Å². The maximum absolute atomic E-state index is 14.6. The molecule has 0 aliphatic heterocycles. The van der Waals surface area contributed by atoms with E-state index in [2.05, 4.69) is 27.7 Å². The third-order valence-electron chi connectivity index (χ3n) is 12.4. The van der Waals surface area contributed by atoms with E-state index in [1.54, 1.807) is 30.3 Å². The first-order valence-corrected chi connectivity index (χ1v) is 26.8. The molecule has 0 spiro atoms. The third-order valence-corrected chi connectivity index (χ3v) is 12.4. The topological polar surface area (TPSA) is 122 Å². The van der Waals surface area contributed by atoms with Gasteiger partial charge in [-0.1, -0.05) is 238 Å². The number of ether oxygens (including phenoxy) is 4. The standard InChI is InChI=1S/C57H90O9/c1-5-9-13-17-21-25-29-36-42-63-54(59)49-46-48(53(58)47-40-34-33-35-41-47)50(55(60)64-43-37-30-26-22-18-14-10-6-2)52(57(62)66-45-39-32-28-24-20-16-12-8-4)51(49)56(61)65-44-38-31-27-23-19-15-11-7-3/h33-35,40-41,46H,5-32,36-39,42-45H2,1-4H3. The van der Waals surface area contributed by atoms with Crippen LogP contribution in [0.2, 0.25) is 0 Å². The summed E-state index contributed by atoms with van der Waals surface area (Å²) in [5.74, 6) is -4.37. The third kappa shape index (κ3) is 24.7. The molecule has 372 valence electrons. The molecule has 0 aromatic heterocycles. The first-order chi connectivity index (χ1) is 32.3. The lowest BCUT2D eigenvalue weighted by atomic mass is 9.87. The first kappa shape index (κ1) is 58.1. The summed E-state index contributed by atoms with van der Waals surface area (Å²) in [5, 5.41) is 0.